The van der Waals surface area contributed by atoms with E-state index in [-0.39, 0.29) is 0 Å². The molecule has 2 aromatic carbocycles. The van der Waals surface area contributed by atoms with Gasteiger partial charge in [-0.15, -0.1) is 21.5 Å². The van der Waals surface area contributed by atoms with Crippen LogP contribution in [-0.4, -0.2) is 32.7 Å². The van der Waals surface area contributed by atoms with Crippen molar-refractivity contribution in [3.05, 3.63) is 52.9 Å². The lowest BCUT2D eigenvalue weighted by molar-refractivity contribution is 0.405. The maximum Gasteiger partial charge on any atom is 0.204 e. The summed E-state index contributed by atoms with van der Waals surface area (Å²) in [7, 11) is 1.65. The molecular formula is C17H12ClN5OS2. The third-order valence-corrected chi connectivity index (χ3v) is 5.82. The highest BCUT2D eigenvalue weighted by Gasteiger charge is 2.13. The van der Waals surface area contributed by atoms with Crippen LogP contribution in [0, 0.1) is 0 Å². The van der Waals surface area contributed by atoms with Crippen LogP contribution in [0.3, 0.4) is 0 Å². The second-order valence-electron chi connectivity index (χ2n) is 5.21. The maximum atomic E-state index is 5.95. The average Bonchev–Trinajstić information content (AvgIpc) is 3.34. The highest BCUT2D eigenvalue weighted by atomic mass is 35.5. The van der Waals surface area contributed by atoms with E-state index < -0.39 is 0 Å². The monoisotopic (exact) mass is 401 g/mol. The first-order chi connectivity index (χ1) is 12.7. The lowest BCUT2D eigenvalue weighted by Gasteiger charge is -2.07. The molecule has 1 N–H and O–H groups in total. The smallest absolute Gasteiger partial charge is 0.204 e. The van der Waals surface area contributed by atoms with Gasteiger partial charge in [-0.3, -0.25) is 0 Å². The van der Waals surface area contributed by atoms with Crippen molar-refractivity contribution in [2.24, 2.45) is 0 Å². The molecule has 0 bridgehead atoms. The zero-order chi connectivity index (χ0) is 17.9. The second-order valence-corrected chi connectivity index (χ2v) is 7.79. The van der Waals surface area contributed by atoms with Crippen molar-refractivity contribution in [2.75, 3.05) is 7.11 Å². The average molecular weight is 402 g/mol. The van der Waals surface area contributed by atoms with Gasteiger partial charge >= 0.3 is 0 Å². The predicted molar refractivity (Wildman–Crippen MR) is 103 cm³/mol. The molecule has 4 rings (SSSR count). The normalized spacial score (nSPS) is 10.8. The summed E-state index contributed by atoms with van der Waals surface area (Å²) in [6.07, 6.45) is 0. The Balaban J connectivity index is 1.62. The molecule has 26 heavy (non-hydrogen) atoms. The van der Waals surface area contributed by atoms with Gasteiger partial charge in [0.05, 0.1) is 17.7 Å². The molecule has 0 aliphatic rings. The molecule has 2 heterocycles. The standard InChI is InChI=1S/C17H12ClN5OS2/c1-24-14-7-4-11(16-20-22-23-21-16)8-15(14)26-17-19-13(9-25-17)10-2-5-12(18)6-3-10/h2-9H,1H3,(H,20,21,22,23). The third kappa shape index (κ3) is 3.57. The number of hydrogen-bond donors (Lipinski definition) is 1. The number of halogens is 1. The second kappa shape index (κ2) is 7.45. The Labute approximate surface area is 162 Å². The van der Waals surface area contributed by atoms with Crippen LogP contribution in [0.1, 0.15) is 0 Å². The molecule has 0 spiro atoms. The topological polar surface area (TPSA) is 76.6 Å². The molecule has 0 aliphatic carbocycles. The van der Waals surface area contributed by atoms with Crippen LogP contribution in [0.25, 0.3) is 22.6 Å². The van der Waals surface area contributed by atoms with E-state index in [1.165, 1.54) is 11.8 Å². The SMILES string of the molecule is COc1ccc(-c2nn[nH]n2)cc1Sc1nc(-c2ccc(Cl)cc2)cs1. The Kier molecular flexibility index (Phi) is 4.87. The van der Waals surface area contributed by atoms with Crippen LogP contribution in [0.2, 0.25) is 5.02 Å². The predicted octanol–water partition coefficient (Wildman–Crippen LogP) is 4.80. The van der Waals surface area contributed by atoms with E-state index in [1.54, 1.807) is 18.4 Å². The van der Waals surface area contributed by atoms with Crippen molar-refractivity contribution in [1.29, 1.82) is 0 Å². The lowest BCUT2D eigenvalue weighted by atomic mass is 10.2. The molecule has 0 saturated heterocycles. The number of ether oxygens (including phenoxy) is 1. The molecule has 9 heteroatoms. The summed E-state index contributed by atoms with van der Waals surface area (Å²) in [5.41, 5.74) is 2.81. The molecule has 0 aliphatic heterocycles. The van der Waals surface area contributed by atoms with Gasteiger partial charge in [0, 0.05) is 21.5 Å². The van der Waals surface area contributed by atoms with Gasteiger partial charge in [0.1, 0.15) is 5.75 Å². The van der Waals surface area contributed by atoms with Gasteiger partial charge in [-0.1, -0.05) is 35.5 Å². The molecular weight excluding hydrogens is 390 g/mol. The molecule has 4 aromatic rings. The first kappa shape index (κ1) is 17.0. The summed E-state index contributed by atoms with van der Waals surface area (Å²) in [5.74, 6) is 1.31. The largest absolute Gasteiger partial charge is 0.496 e. The summed E-state index contributed by atoms with van der Waals surface area (Å²) in [5, 5.41) is 16.8. The van der Waals surface area contributed by atoms with Gasteiger partial charge in [0.15, 0.2) is 4.34 Å². The number of aromatic amines is 1. The van der Waals surface area contributed by atoms with Crippen LogP contribution in [-0.2, 0) is 0 Å². The first-order valence-corrected chi connectivity index (χ1v) is 9.61. The van der Waals surface area contributed by atoms with Gasteiger partial charge < -0.3 is 4.74 Å². The van der Waals surface area contributed by atoms with E-state index in [0.29, 0.717) is 10.8 Å². The fourth-order valence-corrected chi connectivity index (χ4v) is 4.39. The summed E-state index contributed by atoms with van der Waals surface area (Å²) in [6.45, 7) is 0. The Morgan fingerprint density at radius 1 is 1.12 bits per heavy atom. The Morgan fingerprint density at radius 2 is 1.92 bits per heavy atom. The van der Waals surface area contributed by atoms with Gasteiger partial charge in [-0.25, -0.2) is 4.98 Å². The number of tetrazole rings is 1. The van der Waals surface area contributed by atoms with E-state index in [4.69, 9.17) is 21.3 Å². The number of aromatic nitrogens is 5. The summed E-state index contributed by atoms with van der Waals surface area (Å²) in [4.78, 5) is 5.64. The van der Waals surface area contributed by atoms with E-state index in [0.717, 1.165) is 31.8 Å². The Morgan fingerprint density at radius 3 is 2.65 bits per heavy atom. The van der Waals surface area contributed by atoms with Crippen LogP contribution in [0.5, 0.6) is 5.75 Å². The van der Waals surface area contributed by atoms with Crippen LogP contribution in [0.15, 0.2) is 57.1 Å². The number of thiazole rings is 1. The van der Waals surface area contributed by atoms with Gasteiger partial charge in [-0.05, 0) is 35.5 Å². The number of nitrogens with zero attached hydrogens (tertiary/aromatic N) is 4. The minimum atomic E-state index is 0.537. The lowest BCUT2D eigenvalue weighted by Crippen LogP contribution is -1.89. The molecule has 0 saturated carbocycles. The first-order valence-electron chi connectivity index (χ1n) is 7.54. The number of hydrogen-bond acceptors (Lipinski definition) is 7. The number of benzene rings is 2. The zero-order valence-corrected chi connectivity index (χ0v) is 15.9. The molecule has 130 valence electrons. The van der Waals surface area contributed by atoms with E-state index in [9.17, 15) is 0 Å². The quantitative estimate of drug-likeness (QED) is 0.517. The van der Waals surface area contributed by atoms with Crippen LogP contribution < -0.4 is 4.74 Å². The van der Waals surface area contributed by atoms with Gasteiger partial charge in [-0.2, -0.15) is 5.21 Å². The minimum Gasteiger partial charge on any atom is -0.496 e. The molecule has 0 radical (unpaired) electrons. The Bertz CT molecular complexity index is 1020. The van der Waals surface area contributed by atoms with Crippen molar-refractivity contribution in [2.45, 2.75) is 9.24 Å². The van der Waals surface area contributed by atoms with Crippen molar-refractivity contribution < 1.29 is 4.74 Å². The van der Waals surface area contributed by atoms with Crippen molar-refractivity contribution >= 4 is 34.7 Å². The van der Waals surface area contributed by atoms with Crippen molar-refractivity contribution in [1.82, 2.24) is 25.6 Å². The van der Waals surface area contributed by atoms with E-state index in [2.05, 4.69) is 20.6 Å². The summed E-state index contributed by atoms with van der Waals surface area (Å²) in [6, 6.07) is 13.4. The van der Waals surface area contributed by atoms with Gasteiger partial charge in [0.25, 0.3) is 0 Å². The third-order valence-electron chi connectivity index (χ3n) is 3.59. The highest BCUT2D eigenvalue weighted by molar-refractivity contribution is 8.01. The fourth-order valence-electron chi connectivity index (χ4n) is 2.33. The van der Waals surface area contributed by atoms with Crippen molar-refractivity contribution in [3.8, 4) is 28.4 Å². The minimum absolute atomic E-state index is 0.537. The fraction of sp³-hybridized carbons (Fsp3) is 0.0588. The maximum absolute atomic E-state index is 5.95. The van der Waals surface area contributed by atoms with Crippen LogP contribution in [0.4, 0.5) is 0 Å². The Hall–Kier alpha value is -2.42. The number of nitrogens with one attached hydrogen (secondary N) is 1. The highest BCUT2D eigenvalue weighted by Crippen LogP contribution is 2.39. The van der Waals surface area contributed by atoms with E-state index >= 15 is 0 Å². The van der Waals surface area contributed by atoms with Gasteiger partial charge in [0.2, 0.25) is 5.82 Å². The molecule has 2 aromatic heterocycles. The van der Waals surface area contributed by atoms with Crippen molar-refractivity contribution in [3.63, 3.8) is 0 Å². The molecule has 0 amide bonds. The molecule has 0 unspecified atom stereocenters. The number of H-pyrrole nitrogens is 1. The number of rotatable bonds is 5. The summed E-state index contributed by atoms with van der Waals surface area (Å²) >= 11 is 9.07. The summed E-state index contributed by atoms with van der Waals surface area (Å²) < 4.78 is 6.39. The number of methoxy groups -OCH3 is 1. The molecule has 6 nitrogen and oxygen atoms in total. The zero-order valence-electron chi connectivity index (χ0n) is 13.5. The molecule has 0 atom stereocenters. The van der Waals surface area contributed by atoms with Crippen LogP contribution >= 0.6 is 34.7 Å². The molecule has 0 fully saturated rings. The van der Waals surface area contributed by atoms with E-state index in [1.807, 2.05) is 47.8 Å².